The van der Waals surface area contributed by atoms with Gasteiger partial charge >= 0.3 is 0 Å². The first kappa shape index (κ1) is 24.3. The summed E-state index contributed by atoms with van der Waals surface area (Å²) in [6.07, 6.45) is 0.710. The molecule has 1 N–H and O–H groups in total. The second-order valence-corrected chi connectivity index (χ2v) is 8.42. The number of methoxy groups -OCH3 is 1. The lowest BCUT2D eigenvalue weighted by Crippen LogP contribution is -2.16. The predicted octanol–water partition coefficient (Wildman–Crippen LogP) is 5.34. The van der Waals surface area contributed by atoms with Crippen molar-refractivity contribution in [2.45, 2.75) is 18.1 Å². The summed E-state index contributed by atoms with van der Waals surface area (Å²) in [6.45, 7) is 0.556. The molecular weight excluding hydrogens is 477 g/mol. The van der Waals surface area contributed by atoms with Crippen molar-refractivity contribution in [1.82, 2.24) is 14.8 Å². The highest BCUT2D eigenvalue weighted by molar-refractivity contribution is 7.99. The number of benzene rings is 3. The van der Waals surface area contributed by atoms with E-state index in [2.05, 4.69) is 15.5 Å². The van der Waals surface area contributed by atoms with Gasteiger partial charge in [-0.3, -0.25) is 4.79 Å². The number of hydrogen-bond donors (Lipinski definition) is 1. The standard InChI is InChI=1S/C25H21F3N4O2S/c1-34-18-9-7-17(8-10-18)24-30-31-25(32(24)14-13-16-5-3-2-4-6-16)35-15-21(33)29-20-12-11-19(26)22(27)23(20)28/h2-12H,13-15H2,1H3,(H,29,33). The summed E-state index contributed by atoms with van der Waals surface area (Å²) in [5.41, 5.74) is 1.52. The molecule has 0 fully saturated rings. The van der Waals surface area contributed by atoms with Crippen LogP contribution in [-0.2, 0) is 17.8 Å². The van der Waals surface area contributed by atoms with Crippen LogP contribution in [0.3, 0.4) is 0 Å². The van der Waals surface area contributed by atoms with Crippen LogP contribution in [0.1, 0.15) is 5.56 Å². The number of nitrogens with one attached hydrogen (secondary N) is 1. The molecule has 4 aromatic rings. The summed E-state index contributed by atoms with van der Waals surface area (Å²) in [7, 11) is 1.59. The normalized spacial score (nSPS) is 10.9. The first-order chi connectivity index (χ1) is 17.0. The fraction of sp³-hybridized carbons (Fsp3) is 0.160. The number of nitrogens with zero attached hydrogens (tertiary/aromatic N) is 3. The second-order valence-electron chi connectivity index (χ2n) is 7.48. The van der Waals surface area contributed by atoms with Gasteiger partial charge in [-0.25, -0.2) is 13.2 Å². The molecule has 1 heterocycles. The Balaban J connectivity index is 1.52. The highest BCUT2D eigenvalue weighted by atomic mass is 32.2. The highest BCUT2D eigenvalue weighted by Gasteiger charge is 2.18. The van der Waals surface area contributed by atoms with Gasteiger partial charge in [-0.2, -0.15) is 0 Å². The lowest BCUT2D eigenvalue weighted by atomic mass is 10.1. The number of carbonyl (C=O) groups excluding carboxylic acids is 1. The van der Waals surface area contributed by atoms with Gasteiger partial charge in [-0.05, 0) is 48.4 Å². The third kappa shape index (κ3) is 5.83. The summed E-state index contributed by atoms with van der Waals surface area (Å²) >= 11 is 1.11. The van der Waals surface area contributed by atoms with Crippen LogP contribution in [0, 0.1) is 17.5 Å². The number of ether oxygens (including phenoxy) is 1. The first-order valence-electron chi connectivity index (χ1n) is 10.6. The minimum absolute atomic E-state index is 0.134. The van der Waals surface area contributed by atoms with Crippen molar-refractivity contribution in [3.63, 3.8) is 0 Å². The topological polar surface area (TPSA) is 69.0 Å². The molecule has 1 aromatic heterocycles. The highest BCUT2D eigenvalue weighted by Crippen LogP contribution is 2.27. The SMILES string of the molecule is COc1ccc(-c2nnc(SCC(=O)Nc3ccc(F)c(F)c3F)n2CCc2ccccc2)cc1. The average molecular weight is 499 g/mol. The molecule has 0 unspecified atom stereocenters. The Morgan fingerprint density at radius 3 is 2.43 bits per heavy atom. The van der Waals surface area contributed by atoms with E-state index in [1.54, 1.807) is 7.11 Å². The Hall–Kier alpha value is -3.79. The van der Waals surface area contributed by atoms with E-state index in [9.17, 15) is 18.0 Å². The molecule has 10 heteroatoms. The van der Waals surface area contributed by atoms with E-state index in [1.165, 1.54) is 0 Å². The second kappa shape index (κ2) is 11.1. The maximum Gasteiger partial charge on any atom is 0.234 e. The van der Waals surface area contributed by atoms with E-state index in [0.717, 1.165) is 35.0 Å². The summed E-state index contributed by atoms with van der Waals surface area (Å²) in [5.74, 6) is -3.81. The number of amides is 1. The largest absolute Gasteiger partial charge is 0.497 e. The number of hydrogen-bond acceptors (Lipinski definition) is 5. The van der Waals surface area contributed by atoms with Crippen molar-refractivity contribution in [1.29, 1.82) is 0 Å². The van der Waals surface area contributed by atoms with Gasteiger partial charge in [-0.1, -0.05) is 42.1 Å². The Bertz CT molecular complexity index is 1310. The molecule has 0 bridgehead atoms. The van der Waals surface area contributed by atoms with Crippen molar-refractivity contribution < 1.29 is 22.7 Å². The van der Waals surface area contributed by atoms with Crippen molar-refractivity contribution in [3.8, 4) is 17.1 Å². The maximum absolute atomic E-state index is 13.9. The fourth-order valence-electron chi connectivity index (χ4n) is 3.38. The van der Waals surface area contributed by atoms with E-state index >= 15 is 0 Å². The Morgan fingerprint density at radius 1 is 0.971 bits per heavy atom. The minimum atomic E-state index is -1.64. The van der Waals surface area contributed by atoms with Crippen LogP contribution in [-0.4, -0.2) is 33.5 Å². The molecule has 35 heavy (non-hydrogen) atoms. The quantitative estimate of drug-likeness (QED) is 0.249. The average Bonchev–Trinajstić information content (AvgIpc) is 3.30. The molecule has 6 nitrogen and oxygen atoms in total. The molecule has 0 aliphatic carbocycles. The van der Waals surface area contributed by atoms with E-state index in [0.29, 0.717) is 29.7 Å². The van der Waals surface area contributed by atoms with Crippen LogP contribution in [0.4, 0.5) is 18.9 Å². The van der Waals surface area contributed by atoms with Crippen LogP contribution >= 0.6 is 11.8 Å². The summed E-state index contributed by atoms with van der Waals surface area (Å²) < 4.78 is 47.6. The van der Waals surface area contributed by atoms with Crippen LogP contribution in [0.5, 0.6) is 5.75 Å². The van der Waals surface area contributed by atoms with Crippen LogP contribution < -0.4 is 10.1 Å². The molecule has 4 rings (SSSR count). The zero-order valence-electron chi connectivity index (χ0n) is 18.7. The third-order valence-corrected chi connectivity index (χ3v) is 6.14. The van der Waals surface area contributed by atoms with Gasteiger partial charge < -0.3 is 14.6 Å². The van der Waals surface area contributed by atoms with E-state index in [1.807, 2.05) is 59.2 Å². The molecule has 0 saturated heterocycles. The number of carbonyl (C=O) groups is 1. The van der Waals surface area contributed by atoms with Crippen molar-refractivity contribution in [2.75, 3.05) is 18.2 Å². The van der Waals surface area contributed by atoms with Crippen molar-refractivity contribution in [3.05, 3.63) is 89.7 Å². The number of thioether (sulfide) groups is 1. The molecule has 0 aliphatic rings. The van der Waals surface area contributed by atoms with Gasteiger partial charge in [0.15, 0.2) is 28.4 Å². The molecule has 3 aromatic carbocycles. The minimum Gasteiger partial charge on any atom is -0.497 e. The molecule has 0 aliphatic heterocycles. The first-order valence-corrected chi connectivity index (χ1v) is 11.6. The summed E-state index contributed by atoms with van der Waals surface area (Å²) in [4.78, 5) is 12.4. The van der Waals surface area contributed by atoms with Crippen molar-refractivity contribution >= 4 is 23.4 Å². The zero-order chi connectivity index (χ0) is 24.8. The van der Waals surface area contributed by atoms with Crippen LogP contribution in [0.25, 0.3) is 11.4 Å². The van der Waals surface area contributed by atoms with E-state index in [4.69, 9.17) is 4.74 Å². The lowest BCUT2D eigenvalue weighted by molar-refractivity contribution is -0.113. The lowest BCUT2D eigenvalue weighted by Gasteiger charge is -2.11. The molecule has 0 atom stereocenters. The Morgan fingerprint density at radius 2 is 1.71 bits per heavy atom. The molecule has 1 amide bonds. The monoisotopic (exact) mass is 498 g/mol. The van der Waals surface area contributed by atoms with Crippen LogP contribution in [0.2, 0.25) is 0 Å². The molecule has 0 saturated carbocycles. The molecule has 0 radical (unpaired) electrons. The number of halogens is 3. The Kier molecular flexibility index (Phi) is 7.71. The fourth-order valence-corrected chi connectivity index (χ4v) is 4.14. The number of aryl methyl sites for hydroxylation is 1. The molecule has 0 spiro atoms. The van der Waals surface area contributed by atoms with E-state index in [-0.39, 0.29) is 5.75 Å². The van der Waals surface area contributed by atoms with E-state index < -0.39 is 29.0 Å². The van der Waals surface area contributed by atoms with Crippen LogP contribution in [0.15, 0.2) is 71.9 Å². The van der Waals surface area contributed by atoms with Gasteiger partial charge in [0, 0.05) is 12.1 Å². The third-order valence-electron chi connectivity index (χ3n) is 5.17. The molecular formula is C25H21F3N4O2S. The van der Waals surface area contributed by atoms with Gasteiger partial charge in [0.25, 0.3) is 0 Å². The number of aromatic nitrogens is 3. The van der Waals surface area contributed by atoms with Gasteiger partial charge in [0.2, 0.25) is 5.91 Å². The Labute approximate surface area is 204 Å². The smallest absolute Gasteiger partial charge is 0.234 e. The van der Waals surface area contributed by atoms with Gasteiger partial charge in [0.1, 0.15) is 5.75 Å². The zero-order valence-corrected chi connectivity index (χ0v) is 19.5. The number of rotatable bonds is 9. The van der Waals surface area contributed by atoms with Gasteiger partial charge in [-0.15, -0.1) is 10.2 Å². The maximum atomic E-state index is 13.9. The van der Waals surface area contributed by atoms with Crippen molar-refractivity contribution in [2.24, 2.45) is 0 Å². The number of anilines is 1. The molecule has 180 valence electrons. The summed E-state index contributed by atoms with van der Waals surface area (Å²) in [6, 6.07) is 19.0. The van der Waals surface area contributed by atoms with Gasteiger partial charge in [0.05, 0.1) is 18.6 Å². The predicted molar refractivity (Wildman–Crippen MR) is 128 cm³/mol. The summed E-state index contributed by atoms with van der Waals surface area (Å²) in [5, 5.41) is 11.3.